The minimum Gasteiger partial charge on any atom is -0.490 e. The molecule has 0 aliphatic carbocycles. The van der Waals surface area contributed by atoms with Crippen LogP contribution in [0.15, 0.2) is 29.1 Å². The van der Waals surface area contributed by atoms with E-state index in [1.165, 1.54) is 6.07 Å². The van der Waals surface area contributed by atoms with Gasteiger partial charge in [0.05, 0.1) is 12.4 Å². The summed E-state index contributed by atoms with van der Waals surface area (Å²) in [5.41, 5.74) is -0.293. The predicted molar refractivity (Wildman–Crippen MR) is 71.9 cm³/mol. The van der Waals surface area contributed by atoms with Gasteiger partial charge in [0, 0.05) is 0 Å². The van der Waals surface area contributed by atoms with Gasteiger partial charge in [-0.25, -0.2) is 14.3 Å². The summed E-state index contributed by atoms with van der Waals surface area (Å²) in [5.74, 6) is 2.06. The van der Waals surface area contributed by atoms with E-state index in [1.807, 2.05) is 0 Å². The molecule has 0 radical (unpaired) electrons. The number of nitrogens with zero attached hydrogens (tertiary/aromatic N) is 1. The molecule has 5 nitrogen and oxygen atoms in total. The highest BCUT2D eigenvalue weighted by atomic mass is 32.2. The number of para-hydroxylation sites is 1. The van der Waals surface area contributed by atoms with Crippen LogP contribution in [0.1, 0.15) is 12.2 Å². The zero-order valence-electron chi connectivity index (χ0n) is 10.2. The van der Waals surface area contributed by atoms with E-state index >= 15 is 0 Å². The van der Waals surface area contributed by atoms with E-state index in [9.17, 15) is 9.18 Å². The zero-order chi connectivity index (χ0) is 13.5. The lowest BCUT2D eigenvalue weighted by atomic mass is 10.3. The topological polar surface area (TPSA) is 70.8 Å². The fourth-order valence-corrected chi connectivity index (χ4v) is 2.24. The van der Waals surface area contributed by atoms with Crippen LogP contribution in [0, 0.1) is 5.82 Å². The average molecular weight is 283 g/mol. The van der Waals surface area contributed by atoms with Crippen molar-refractivity contribution in [2.24, 2.45) is 0 Å². The molecule has 19 heavy (non-hydrogen) atoms. The fraction of sp³-hybridized carbons (Fsp3) is 0.333. The lowest BCUT2D eigenvalue weighted by Crippen LogP contribution is -2.01. The van der Waals surface area contributed by atoms with Crippen LogP contribution >= 0.6 is 11.8 Å². The normalized spacial score (nSPS) is 10.6. The average Bonchev–Trinajstić information content (AvgIpc) is 2.81. The molecular formula is C12H14FN3O2S. The summed E-state index contributed by atoms with van der Waals surface area (Å²) in [4.78, 5) is 13.4. The quantitative estimate of drug-likeness (QED) is 0.762. The molecule has 0 aliphatic rings. The lowest BCUT2D eigenvalue weighted by Gasteiger charge is -2.06. The second-order valence-corrected chi connectivity index (χ2v) is 4.91. The Labute approximate surface area is 113 Å². The second kappa shape index (κ2) is 6.98. The number of nitrogens with one attached hydrogen (secondary N) is 2. The van der Waals surface area contributed by atoms with Crippen molar-refractivity contribution >= 4 is 11.8 Å². The molecule has 7 heteroatoms. The SMILES string of the molecule is O=c1[nH]nc(CSCCCOc2ccccc2F)[nH]1. The maximum atomic E-state index is 13.2. The lowest BCUT2D eigenvalue weighted by molar-refractivity contribution is 0.302. The molecule has 0 aliphatic heterocycles. The number of hydrogen-bond donors (Lipinski definition) is 2. The number of rotatable bonds is 7. The molecule has 0 atom stereocenters. The second-order valence-electron chi connectivity index (χ2n) is 3.81. The first-order valence-electron chi connectivity index (χ1n) is 5.84. The number of halogens is 1. The minimum atomic E-state index is -0.343. The summed E-state index contributed by atoms with van der Waals surface area (Å²) in [6.07, 6.45) is 0.799. The van der Waals surface area contributed by atoms with Crippen LogP contribution in [0.2, 0.25) is 0 Å². The molecule has 0 bridgehead atoms. The van der Waals surface area contributed by atoms with E-state index in [-0.39, 0.29) is 17.3 Å². The third-order valence-electron chi connectivity index (χ3n) is 2.32. The van der Waals surface area contributed by atoms with Gasteiger partial charge in [-0.3, -0.25) is 4.98 Å². The van der Waals surface area contributed by atoms with Crippen molar-refractivity contribution in [2.45, 2.75) is 12.2 Å². The molecule has 1 aromatic heterocycles. The van der Waals surface area contributed by atoms with E-state index < -0.39 is 0 Å². The minimum absolute atomic E-state index is 0.282. The van der Waals surface area contributed by atoms with Gasteiger partial charge in [0.15, 0.2) is 11.6 Å². The van der Waals surface area contributed by atoms with Gasteiger partial charge in [0.2, 0.25) is 0 Å². The molecule has 102 valence electrons. The Kier molecular flexibility index (Phi) is 5.02. The highest BCUT2D eigenvalue weighted by Gasteiger charge is 2.01. The number of aromatic nitrogens is 3. The predicted octanol–water partition coefficient (Wildman–Crippen LogP) is 1.94. The molecule has 2 rings (SSSR count). The Balaban J connectivity index is 1.60. The van der Waals surface area contributed by atoms with E-state index in [4.69, 9.17) is 4.74 Å². The summed E-state index contributed by atoms with van der Waals surface area (Å²) in [5, 5.41) is 6.11. The van der Waals surface area contributed by atoms with Crippen LogP contribution in [-0.4, -0.2) is 27.5 Å². The van der Waals surface area contributed by atoms with Crippen molar-refractivity contribution in [1.82, 2.24) is 15.2 Å². The molecule has 0 spiro atoms. The number of hydrogen-bond acceptors (Lipinski definition) is 4. The summed E-state index contributed by atoms with van der Waals surface area (Å²) in [6.45, 7) is 0.463. The van der Waals surface area contributed by atoms with E-state index in [0.717, 1.165) is 12.2 Å². The number of aromatic amines is 2. The maximum Gasteiger partial charge on any atom is 0.340 e. The van der Waals surface area contributed by atoms with Gasteiger partial charge < -0.3 is 4.74 Å². The van der Waals surface area contributed by atoms with E-state index in [1.54, 1.807) is 30.0 Å². The van der Waals surface area contributed by atoms with Crippen LogP contribution in [0.5, 0.6) is 5.75 Å². The van der Waals surface area contributed by atoms with Gasteiger partial charge in [-0.1, -0.05) is 12.1 Å². The van der Waals surface area contributed by atoms with E-state index in [2.05, 4.69) is 15.2 Å². The van der Waals surface area contributed by atoms with Gasteiger partial charge in [0.1, 0.15) is 5.82 Å². The summed E-state index contributed by atoms with van der Waals surface area (Å²) in [7, 11) is 0. The first kappa shape index (κ1) is 13.7. The maximum absolute atomic E-state index is 13.2. The Hall–Kier alpha value is -1.76. The first-order valence-corrected chi connectivity index (χ1v) is 7.00. The molecule has 1 aromatic carbocycles. The van der Waals surface area contributed by atoms with Crippen molar-refractivity contribution in [3.63, 3.8) is 0 Å². The molecule has 0 amide bonds. The van der Waals surface area contributed by atoms with Crippen molar-refractivity contribution in [3.05, 3.63) is 46.4 Å². The summed E-state index contributed by atoms with van der Waals surface area (Å²) >= 11 is 1.63. The third-order valence-corrected chi connectivity index (χ3v) is 3.37. The fourth-order valence-electron chi connectivity index (χ4n) is 1.45. The standard InChI is InChI=1S/C12H14FN3O2S/c13-9-4-1-2-5-10(9)18-6-3-7-19-8-11-14-12(17)16-15-11/h1-2,4-5H,3,6-8H2,(H2,14,15,16,17). The van der Waals surface area contributed by atoms with Gasteiger partial charge in [-0.05, 0) is 24.3 Å². The Morgan fingerprint density at radius 1 is 1.37 bits per heavy atom. The highest BCUT2D eigenvalue weighted by molar-refractivity contribution is 7.98. The van der Waals surface area contributed by atoms with Crippen LogP contribution in [0.25, 0.3) is 0 Å². The largest absolute Gasteiger partial charge is 0.490 e. The zero-order valence-corrected chi connectivity index (χ0v) is 11.0. The molecule has 1 heterocycles. The molecule has 0 saturated carbocycles. The number of thioether (sulfide) groups is 1. The smallest absolute Gasteiger partial charge is 0.340 e. The number of ether oxygens (including phenoxy) is 1. The molecule has 0 unspecified atom stereocenters. The van der Waals surface area contributed by atoms with Crippen LogP contribution < -0.4 is 10.4 Å². The monoisotopic (exact) mass is 283 g/mol. The van der Waals surface area contributed by atoms with Crippen molar-refractivity contribution in [1.29, 1.82) is 0 Å². The van der Waals surface area contributed by atoms with Gasteiger partial charge in [-0.2, -0.15) is 16.9 Å². The van der Waals surface area contributed by atoms with Crippen LogP contribution in [0.3, 0.4) is 0 Å². The third kappa shape index (κ3) is 4.44. The highest BCUT2D eigenvalue weighted by Crippen LogP contribution is 2.16. The molecule has 2 aromatic rings. The van der Waals surface area contributed by atoms with Crippen molar-refractivity contribution in [2.75, 3.05) is 12.4 Å². The molecule has 2 N–H and O–H groups in total. The molecule has 0 fully saturated rings. The van der Waals surface area contributed by atoms with Crippen molar-refractivity contribution in [3.8, 4) is 5.75 Å². The Morgan fingerprint density at radius 3 is 2.95 bits per heavy atom. The summed E-state index contributed by atoms with van der Waals surface area (Å²) in [6, 6.07) is 6.35. The van der Waals surface area contributed by atoms with Gasteiger partial charge in [0.25, 0.3) is 0 Å². The Morgan fingerprint density at radius 2 is 2.21 bits per heavy atom. The molecular weight excluding hydrogens is 269 g/mol. The summed E-state index contributed by atoms with van der Waals surface area (Å²) < 4.78 is 18.5. The van der Waals surface area contributed by atoms with Crippen LogP contribution in [-0.2, 0) is 5.75 Å². The van der Waals surface area contributed by atoms with E-state index in [0.29, 0.717) is 18.2 Å². The number of H-pyrrole nitrogens is 2. The number of benzene rings is 1. The van der Waals surface area contributed by atoms with Crippen molar-refractivity contribution < 1.29 is 9.13 Å². The Bertz CT molecular complexity index is 570. The first-order chi connectivity index (χ1) is 9.25. The molecule has 0 saturated heterocycles. The van der Waals surface area contributed by atoms with Gasteiger partial charge in [-0.15, -0.1) is 0 Å². The van der Waals surface area contributed by atoms with Crippen LogP contribution in [0.4, 0.5) is 4.39 Å². The van der Waals surface area contributed by atoms with Gasteiger partial charge >= 0.3 is 5.69 Å².